The van der Waals surface area contributed by atoms with Crippen molar-refractivity contribution in [1.29, 1.82) is 0 Å². The predicted molar refractivity (Wildman–Crippen MR) is 156 cm³/mol. The summed E-state index contributed by atoms with van der Waals surface area (Å²) >= 11 is 0. The fourth-order valence-electron chi connectivity index (χ4n) is 4.91. The lowest BCUT2D eigenvalue weighted by Crippen LogP contribution is -2.62. The van der Waals surface area contributed by atoms with E-state index in [4.69, 9.17) is 14.2 Å². The number of amides is 4. The summed E-state index contributed by atoms with van der Waals surface area (Å²) < 4.78 is 15.6. The predicted octanol–water partition coefficient (Wildman–Crippen LogP) is 3.66. The number of hydrogen-bond donors (Lipinski definition) is 3. The number of rotatable bonds is 12. The third kappa shape index (κ3) is 12.1. The van der Waals surface area contributed by atoms with E-state index in [1.807, 2.05) is 6.92 Å². The molecule has 0 unspecified atom stereocenters. The number of carbonyl (C=O) groups is 5. The molecule has 1 aliphatic heterocycles. The van der Waals surface area contributed by atoms with Gasteiger partial charge in [0.15, 0.2) is 0 Å². The van der Waals surface area contributed by atoms with Gasteiger partial charge in [-0.3, -0.25) is 9.59 Å². The Morgan fingerprint density at radius 1 is 0.905 bits per heavy atom. The first kappa shape index (κ1) is 35.1. The molecule has 0 bridgehead atoms. The molecule has 1 saturated heterocycles. The van der Waals surface area contributed by atoms with Gasteiger partial charge in [-0.25, -0.2) is 14.4 Å². The Morgan fingerprint density at radius 3 is 2.00 bits per heavy atom. The van der Waals surface area contributed by atoms with E-state index >= 15 is 0 Å². The Morgan fingerprint density at radius 2 is 1.48 bits per heavy atom. The summed E-state index contributed by atoms with van der Waals surface area (Å²) in [6, 6.07) is -0.745. The largest absolute Gasteiger partial charge is 0.467 e. The van der Waals surface area contributed by atoms with Crippen LogP contribution in [-0.2, 0) is 28.6 Å². The fraction of sp³-hybridized carbons (Fsp3) is 0.833. The van der Waals surface area contributed by atoms with Crippen LogP contribution in [0.3, 0.4) is 0 Å². The SMILES string of the molecule is COC(=O)C1(NC(=O)OC(C)(C)C)CCN(C(=O)[C@@H](CCCCNC(=O)OC(C)(C)C)NC(=O)[C@H](C)CC2CC2)CC1. The minimum atomic E-state index is -1.32. The number of hydrogen-bond acceptors (Lipinski definition) is 8. The van der Waals surface area contributed by atoms with Crippen LogP contribution in [0.5, 0.6) is 0 Å². The van der Waals surface area contributed by atoms with Crippen LogP contribution in [0.25, 0.3) is 0 Å². The average Bonchev–Trinajstić information content (AvgIpc) is 3.68. The van der Waals surface area contributed by atoms with E-state index in [0.717, 1.165) is 19.3 Å². The topological polar surface area (TPSA) is 152 Å². The van der Waals surface area contributed by atoms with E-state index in [9.17, 15) is 24.0 Å². The van der Waals surface area contributed by atoms with E-state index in [0.29, 0.717) is 31.7 Å². The molecule has 42 heavy (non-hydrogen) atoms. The number of ether oxygens (including phenoxy) is 3. The van der Waals surface area contributed by atoms with Gasteiger partial charge in [0.05, 0.1) is 7.11 Å². The van der Waals surface area contributed by atoms with Crippen molar-refractivity contribution >= 4 is 30.0 Å². The van der Waals surface area contributed by atoms with E-state index in [2.05, 4.69) is 16.0 Å². The second-order valence-electron chi connectivity index (χ2n) is 13.6. The second-order valence-corrected chi connectivity index (χ2v) is 13.6. The minimum absolute atomic E-state index is 0.142. The van der Waals surface area contributed by atoms with E-state index in [1.54, 1.807) is 46.4 Å². The fourth-order valence-corrected chi connectivity index (χ4v) is 4.91. The smallest absolute Gasteiger partial charge is 0.408 e. The van der Waals surface area contributed by atoms with Gasteiger partial charge in [0, 0.05) is 25.6 Å². The van der Waals surface area contributed by atoms with Crippen LogP contribution in [0.15, 0.2) is 0 Å². The van der Waals surface area contributed by atoms with Gasteiger partial charge < -0.3 is 35.1 Å². The normalized spacial score (nSPS) is 18.2. The molecule has 0 aromatic carbocycles. The third-order valence-corrected chi connectivity index (χ3v) is 7.28. The number of piperidine rings is 1. The van der Waals surface area contributed by atoms with Gasteiger partial charge in [0.1, 0.15) is 22.8 Å². The molecule has 0 radical (unpaired) electrons. The number of esters is 1. The molecule has 1 saturated carbocycles. The summed E-state index contributed by atoms with van der Waals surface area (Å²) in [7, 11) is 1.25. The lowest BCUT2D eigenvalue weighted by atomic mass is 9.87. The number of alkyl carbamates (subject to hydrolysis) is 2. The van der Waals surface area contributed by atoms with Crippen molar-refractivity contribution in [2.24, 2.45) is 11.8 Å². The summed E-state index contributed by atoms with van der Waals surface area (Å²) in [6.45, 7) is 13.2. The summed E-state index contributed by atoms with van der Waals surface area (Å²) in [5.74, 6) is -0.619. The highest BCUT2D eigenvalue weighted by molar-refractivity contribution is 5.89. The quantitative estimate of drug-likeness (QED) is 0.175. The van der Waals surface area contributed by atoms with Crippen LogP contribution in [0.4, 0.5) is 9.59 Å². The molecule has 12 nitrogen and oxygen atoms in total. The van der Waals surface area contributed by atoms with Crippen LogP contribution >= 0.6 is 0 Å². The maximum atomic E-state index is 13.7. The monoisotopic (exact) mass is 596 g/mol. The molecule has 12 heteroatoms. The third-order valence-electron chi connectivity index (χ3n) is 7.28. The van der Waals surface area contributed by atoms with Crippen molar-refractivity contribution < 1.29 is 38.2 Å². The molecule has 0 aromatic rings. The molecule has 1 heterocycles. The number of methoxy groups -OCH3 is 1. The summed E-state index contributed by atoms with van der Waals surface area (Å²) in [6.07, 6.45) is 3.70. The molecular formula is C30H52N4O8. The number of nitrogens with one attached hydrogen (secondary N) is 3. The molecule has 240 valence electrons. The van der Waals surface area contributed by atoms with Crippen LogP contribution in [0.1, 0.15) is 99.8 Å². The highest BCUT2D eigenvalue weighted by Gasteiger charge is 2.46. The van der Waals surface area contributed by atoms with Crippen molar-refractivity contribution in [3.05, 3.63) is 0 Å². The zero-order chi connectivity index (χ0) is 31.7. The Hall–Kier alpha value is -3.05. The van der Waals surface area contributed by atoms with Gasteiger partial charge in [-0.05, 0) is 86.0 Å². The summed E-state index contributed by atoms with van der Waals surface area (Å²) in [5, 5.41) is 8.37. The zero-order valence-corrected chi connectivity index (χ0v) is 26.7. The summed E-state index contributed by atoms with van der Waals surface area (Å²) in [4.78, 5) is 65.5. The first-order valence-corrected chi connectivity index (χ1v) is 15.1. The molecule has 1 aliphatic carbocycles. The van der Waals surface area contributed by atoms with Crippen molar-refractivity contribution in [1.82, 2.24) is 20.9 Å². The average molecular weight is 597 g/mol. The van der Waals surface area contributed by atoms with Crippen LogP contribution in [0.2, 0.25) is 0 Å². The molecule has 3 N–H and O–H groups in total. The Bertz CT molecular complexity index is 959. The molecule has 2 fully saturated rings. The van der Waals surface area contributed by atoms with Crippen LogP contribution in [0, 0.1) is 11.8 Å². The number of carbonyl (C=O) groups excluding carboxylic acids is 5. The van der Waals surface area contributed by atoms with Gasteiger partial charge in [-0.15, -0.1) is 0 Å². The second kappa shape index (κ2) is 14.9. The molecule has 0 aromatic heterocycles. The van der Waals surface area contributed by atoms with Gasteiger partial charge in [0.2, 0.25) is 11.8 Å². The first-order valence-electron chi connectivity index (χ1n) is 15.1. The van der Waals surface area contributed by atoms with E-state index in [1.165, 1.54) is 7.11 Å². The zero-order valence-electron chi connectivity index (χ0n) is 26.7. The van der Waals surface area contributed by atoms with Gasteiger partial charge >= 0.3 is 18.2 Å². The minimum Gasteiger partial charge on any atom is -0.467 e. The molecule has 2 rings (SSSR count). The molecular weight excluding hydrogens is 544 g/mol. The molecule has 4 amide bonds. The van der Waals surface area contributed by atoms with Gasteiger partial charge in [-0.2, -0.15) is 0 Å². The van der Waals surface area contributed by atoms with E-state index < -0.39 is 40.9 Å². The molecule has 0 spiro atoms. The van der Waals surface area contributed by atoms with Crippen molar-refractivity contribution in [3.63, 3.8) is 0 Å². The standard InChI is InChI=1S/C30H52N4O8/c1-20(19-21-12-13-21)23(35)32-22(11-9-10-16-31-26(38)41-28(2,3)4)24(36)34-17-14-30(15-18-34,25(37)40-8)33-27(39)42-29(5,6)7/h20-22H,9-19H2,1-8H3,(H,31,38)(H,32,35)(H,33,39)/t20-,22-/m1/s1. The van der Waals surface area contributed by atoms with Gasteiger partial charge in [-0.1, -0.05) is 19.8 Å². The highest BCUT2D eigenvalue weighted by Crippen LogP contribution is 2.35. The molecule has 2 atom stereocenters. The maximum absolute atomic E-state index is 13.7. The van der Waals surface area contributed by atoms with Crippen LogP contribution in [-0.4, -0.2) is 84.4 Å². The van der Waals surface area contributed by atoms with E-state index in [-0.39, 0.29) is 43.7 Å². The first-order chi connectivity index (χ1) is 19.4. The Labute approximate surface area is 250 Å². The highest BCUT2D eigenvalue weighted by atomic mass is 16.6. The van der Waals surface area contributed by atoms with Gasteiger partial charge in [0.25, 0.3) is 0 Å². The van der Waals surface area contributed by atoms with Crippen molar-refractivity contribution in [3.8, 4) is 0 Å². The Balaban J connectivity index is 2.02. The van der Waals surface area contributed by atoms with Crippen molar-refractivity contribution in [2.75, 3.05) is 26.7 Å². The summed E-state index contributed by atoms with van der Waals surface area (Å²) in [5.41, 5.74) is -2.66. The number of unbranched alkanes of at least 4 members (excludes halogenated alkanes) is 1. The van der Waals surface area contributed by atoms with Crippen molar-refractivity contribution in [2.45, 2.75) is 123 Å². The Kier molecular flexibility index (Phi) is 12.5. The number of likely N-dealkylation sites (tertiary alicyclic amines) is 1. The van der Waals surface area contributed by atoms with Crippen LogP contribution < -0.4 is 16.0 Å². The lowest BCUT2D eigenvalue weighted by Gasteiger charge is -2.41. The number of nitrogens with zero attached hydrogens (tertiary/aromatic N) is 1. The lowest BCUT2D eigenvalue weighted by molar-refractivity contribution is -0.153. The maximum Gasteiger partial charge on any atom is 0.408 e. The molecule has 2 aliphatic rings.